The van der Waals surface area contributed by atoms with Crippen molar-refractivity contribution in [3.8, 4) is 63.1 Å². The van der Waals surface area contributed by atoms with Gasteiger partial charge < -0.3 is 15.2 Å². The number of aromatic amines is 1. The molecule has 0 spiro atoms. The average molecular weight is 1090 g/mol. The van der Waals surface area contributed by atoms with Crippen LogP contribution in [0.3, 0.4) is 0 Å². The van der Waals surface area contributed by atoms with Crippen molar-refractivity contribution in [2.45, 2.75) is 156 Å². The highest BCUT2D eigenvalue weighted by atomic mass is 32.1. The van der Waals surface area contributed by atoms with Crippen molar-refractivity contribution >= 4 is 73.6 Å². The van der Waals surface area contributed by atoms with E-state index >= 15 is 0 Å². The molecule has 0 fully saturated rings. The second kappa shape index (κ2) is 26.3. The van der Waals surface area contributed by atoms with Crippen LogP contribution in [-0.4, -0.2) is 20.9 Å². The molecule has 4 nitrogen and oxygen atoms in total. The van der Waals surface area contributed by atoms with Crippen LogP contribution in [0.25, 0.3) is 74.2 Å². The minimum absolute atomic E-state index is 0.213. The lowest BCUT2D eigenvalue weighted by molar-refractivity contribution is 0.474. The summed E-state index contributed by atoms with van der Waals surface area (Å²) in [7, 11) is 0. The summed E-state index contributed by atoms with van der Waals surface area (Å²) >= 11 is 7.77. The fourth-order valence-electron chi connectivity index (χ4n) is 11.1. The molecule has 77 heavy (non-hydrogen) atoms. The van der Waals surface area contributed by atoms with Crippen LogP contribution in [0.1, 0.15) is 174 Å². The third-order valence-electron chi connectivity index (χ3n) is 15.3. The molecule has 8 heteroatoms. The monoisotopic (exact) mass is 1090 g/mol. The van der Waals surface area contributed by atoms with E-state index in [1.165, 1.54) is 164 Å². The predicted molar refractivity (Wildman–Crippen MR) is 338 cm³/mol. The van der Waals surface area contributed by atoms with E-state index in [4.69, 9.17) is 4.99 Å². The number of nitrogens with one attached hydrogen (secondary N) is 1. The zero-order valence-electron chi connectivity index (χ0n) is 45.7. The number of aryl methyl sites for hydroxylation is 4. The smallest absolute Gasteiger partial charge is 0.124 e. The molecule has 3 N–H and O–H groups in total. The second-order valence-corrected chi connectivity index (χ2v) is 25.6. The van der Waals surface area contributed by atoms with Crippen molar-refractivity contribution in [1.29, 1.82) is 0 Å². The number of rotatable bonds is 27. The highest BCUT2D eigenvalue weighted by molar-refractivity contribution is 7.24. The number of aromatic nitrogens is 1. The Balaban J connectivity index is 1.05. The summed E-state index contributed by atoms with van der Waals surface area (Å²) in [5, 5.41) is 25.0. The first-order valence-corrected chi connectivity index (χ1v) is 32.2. The third-order valence-corrected chi connectivity index (χ3v) is 20.5. The summed E-state index contributed by atoms with van der Waals surface area (Å²) in [6, 6.07) is 43.4. The molecule has 0 amide bonds. The number of phenols is 2. The lowest BCUT2D eigenvalue weighted by Crippen LogP contribution is -2.01. The Kier molecular flexibility index (Phi) is 18.6. The van der Waals surface area contributed by atoms with Crippen LogP contribution in [0.4, 0.5) is 0 Å². The highest BCUT2D eigenvalue weighted by Crippen LogP contribution is 2.47. The minimum atomic E-state index is 0.213. The van der Waals surface area contributed by atoms with Gasteiger partial charge in [0, 0.05) is 77.7 Å². The second-order valence-electron chi connectivity index (χ2n) is 21.2. The molecule has 0 radical (unpaired) electrons. The van der Waals surface area contributed by atoms with Crippen LogP contribution in [0, 0.1) is 0 Å². The molecule has 0 atom stereocenters. The first-order valence-electron chi connectivity index (χ1n) is 29.0. The lowest BCUT2D eigenvalue weighted by Gasteiger charge is -2.10. The number of H-pyrrole nitrogens is 1. The zero-order valence-corrected chi connectivity index (χ0v) is 49.0. The van der Waals surface area contributed by atoms with Crippen LogP contribution in [0.5, 0.6) is 11.5 Å². The lowest BCUT2D eigenvalue weighted by atomic mass is 9.94. The Labute approximate surface area is 474 Å². The number of phenolic OH excluding ortho intramolecular Hbond substituents is 2. The quantitative estimate of drug-likeness (QED) is 0.0449. The molecule has 0 bridgehead atoms. The van der Waals surface area contributed by atoms with Crippen LogP contribution in [0.2, 0.25) is 0 Å². The van der Waals surface area contributed by atoms with Crippen LogP contribution >= 0.6 is 45.3 Å². The average Bonchev–Trinajstić information content (AvgIpc) is 4.40. The summed E-state index contributed by atoms with van der Waals surface area (Å²) in [6.07, 6.45) is 26.6. The molecular weight excluding hydrogens is 1020 g/mol. The topological polar surface area (TPSA) is 68.6 Å². The molecule has 1 aliphatic heterocycles. The van der Waals surface area contributed by atoms with E-state index in [9.17, 15) is 10.2 Å². The largest absolute Gasteiger partial charge is 0.507 e. The number of nitrogens with zero attached hydrogens (tertiary/aromatic N) is 1. The van der Waals surface area contributed by atoms with E-state index in [0.717, 1.165) is 75.9 Å². The first-order chi connectivity index (χ1) is 37.8. The summed E-state index contributed by atoms with van der Waals surface area (Å²) < 4.78 is 0. The highest BCUT2D eigenvalue weighted by Gasteiger charge is 2.27. The minimum Gasteiger partial charge on any atom is -0.507 e. The molecule has 9 aromatic rings. The van der Waals surface area contributed by atoms with Gasteiger partial charge in [-0.25, -0.2) is 4.99 Å². The SMILES string of the molecule is CCCCCCc1ccc(-c2cc(CCCCCC)c(-c3ccc4c(c3)C(c3ccccc3O)=N/C4=C/c3[nH]c(-c4ccccc4O)c4cc(-c5sc(-c6ccc(CCCCCC)s6)cc5CCCCCC)ccc34)s2)s1. The van der Waals surface area contributed by atoms with E-state index < -0.39 is 0 Å². The normalized spacial score (nSPS) is 12.9. The van der Waals surface area contributed by atoms with Gasteiger partial charge in [-0.3, -0.25) is 0 Å². The van der Waals surface area contributed by atoms with Crippen LogP contribution in [-0.2, 0) is 25.7 Å². The molecule has 10 rings (SSSR count). The van der Waals surface area contributed by atoms with Crippen molar-refractivity contribution in [2.24, 2.45) is 4.99 Å². The molecule has 6 heterocycles. The van der Waals surface area contributed by atoms with E-state index in [1.54, 1.807) is 12.1 Å². The summed E-state index contributed by atoms with van der Waals surface area (Å²) in [5.41, 5.74) is 12.2. The number of aliphatic imine (C=N–C) groups is 1. The van der Waals surface area contributed by atoms with E-state index in [2.05, 4.69) is 112 Å². The molecule has 4 aromatic carbocycles. The Hall–Kier alpha value is -5.77. The molecule has 0 saturated carbocycles. The van der Waals surface area contributed by atoms with Gasteiger partial charge in [-0.05, 0) is 152 Å². The number of aromatic hydroxyl groups is 2. The zero-order chi connectivity index (χ0) is 53.1. The van der Waals surface area contributed by atoms with Gasteiger partial charge in [0.05, 0.1) is 17.1 Å². The van der Waals surface area contributed by atoms with Gasteiger partial charge in [0.2, 0.25) is 0 Å². The Bertz CT molecular complexity index is 3480. The van der Waals surface area contributed by atoms with Crippen LogP contribution in [0.15, 0.2) is 126 Å². The molecule has 5 aromatic heterocycles. The predicted octanol–water partition coefficient (Wildman–Crippen LogP) is 22.0. The van der Waals surface area contributed by atoms with Crippen molar-refractivity contribution in [1.82, 2.24) is 4.98 Å². The van der Waals surface area contributed by atoms with Crippen molar-refractivity contribution in [2.75, 3.05) is 0 Å². The van der Waals surface area contributed by atoms with Gasteiger partial charge in [-0.15, -0.1) is 45.3 Å². The van der Waals surface area contributed by atoms with Gasteiger partial charge in [0.1, 0.15) is 11.5 Å². The number of fused-ring (bicyclic) bond motifs is 2. The molecule has 0 aliphatic carbocycles. The van der Waals surface area contributed by atoms with Gasteiger partial charge in [-0.2, -0.15) is 0 Å². The number of para-hydroxylation sites is 2. The summed E-state index contributed by atoms with van der Waals surface area (Å²) in [4.78, 5) is 20.3. The maximum Gasteiger partial charge on any atom is 0.124 e. The van der Waals surface area contributed by atoms with E-state index in [0.29, 0.717) is 5.56 Å². The molecular formula is C69H76N2O2S4. The van der Waals surface area contributed by atoms with E-state index in [-0.39, 0.29) is 11.5 Å². The summed E-state index contributed by atoms with van der Waals surface area (Å²) in [6.45, 7) is 9.13. The number of thiophene rings is 4. The summed E-state index contributed by atoms with van der Waals surface area (Å²) in [5.74, 6) is 0.450. The molecule has 398 valence electrons. The Morgan fingerprint density at radius 3 is 1.48 bits per heavy atom. The first kappa shape index (κ1) is 54.6. The fourth-order valence-corrected chi connectivity index (χ4v) is 15.7. The van der Waals surface area contributed by atoms with Crippen molar-refractivity contribution in [3.63, 3.8) is 0 Å². The van der Waals surface area contributed by atoms with Gasteiger partial charge in [-0.1, -0.05) is 153 Å². The van der Waals surface area contributed by atoms with Crippen molar-refractivity contribution < 1.29 is 10.2 Å². The maximum absolute atomic E-state index is 11.5. The number of hydrogen-bond donors (Lipinski definition) is 3. The molecule has 0 saturated heterocycles. The van der Waals surface area contributed by atoms with Gasteiger partial charge in [0.25, 0.3) is 0 Å². The standard InChI is InChI=1S/C69H76N2O2S4/c1-5-9-13-17-25-46-43-64(62-39-35-50(74-62)27-19-15-11-7-3)76-68(46)48-33-37-52-56(41-48)66(54-29-21-23-31-60(54)72)70-58(52)45-59-53-38-34-49(42-57(53)67(71-59)55-30-22-24-32-61(55)73)69-47(26-18-14-10-6-2)44-65(77-69)63-40-36-51(75-63)28-20-16-12-8-4/h21-24,29-45,70,72-73H,5-20,25-28H2,1-4H3/b59-45+. The molecule has 1 aliphatic rings. The fraction of sp³-hybridized carbons (Fsp3) is 0.348. The van der Waals surface area contributed by atoms with Gasteiger partial charge in [0.15, 0.2) is 0 Å². The van der Waals surface area contributed by atoms with Crippen LogP contribution < -0.4 is 0 Å². The number of hydrogen-bond acceptors (Lipinski definition) is 7. The maximum atomic E-state index is 11.5. The number of unbranched alkanes of at least 4 members (excludes halogenated alkanes) is 12. The van der Waals surface area contributed by atoms with Crippen molar-refractivity contribution in [3.05, 3.63) is 165 Å². The Morgan fingerprint density at radius 2 is 0.935 bits per heavy atom. The van der Waals surface area contributed by atoms with Gasteiger partial charge >= 0.3 is 0 Å². The molecule has 0 unspecified atom stereocenters. The number of benzene rings is 4. The third kappa shape index (κ3) is 12.7. The van der Waals surface area contributed by atoms with E-state index in [1.807, 2.05) is 81.7 Å². The Morgan fingerprint density at radius 1 is 0.429 bits per heavy atom.